The van der Waals surface area contributed by atoms with Gasteiger partial charge in [-0.15, -0.1) is 0 Å². The van der Waals surface area contributed by atoms with E-state index in [4.69, 9.17) is 0 Å². The van der Waals surface area contributed by atoms with E-state index in [1.165, 1.54) is 24.1 Å². The molecule has 1 aromatic heterocycles. The summed E-state index contributed by atoms with van der Waals surface area (Å²) in [5.74, 6) is -0.0155. The van der Waals surface area contributed by atoms with Crippen molar-refractivity contribution in [2.75, 3.05) is 5.32 Å². The molecule has 4 rings (SSSR count). The molecule has 0 fully saturated rings. The number of fused-ring (bicyclic) bond motifs is 1. The van der Waals surface area contributed by atoms with Crippen LogP contribution in [0.3, 0.4) is 0 Å². The second-order valence-electron chi connectivity index (χ2n) is 6.46. The van der Waals surface area contributed by atoms with E-state index in [0.29, 0.717) is 6.54 Å². The molecule has 0 atom stereocenters. The number of carbonyl (C=O) groups is 1. The number of hydrogen-bond donors (Lipinski definition) is 1. The van der Waals surface area contributed by atoms with Crippen LogP contribution in [0.1, 0.15) is 24.2 Å². The van der Waals surface area contributed by atoms with Crippen LogP contribution in [0.4, 0.5) is 5.69 Å². The predicted molar refractivity (Wildman–Crippen MR) is 99.4 cm³/mol. The molecule has 2 aromatic carbocycles. The smallest absolute Gasteiger partial charge is 0.244 e. The summed E-state index contributed by atoms with van der Waals surface area (Å²) in [6, 6.07) is 18.2. The van der Waals surface area contributed by atoms with Gasteiger partial charge in [0, 0.05) is 11.4 Å². The molecule has 0 radical (unpaired) electrons. The number of nitrogens with zero attached hydrogens (tertiary/aromatic N) is 2. The summed E-state index contributed by atoms with van der Waals surface area (Å²) >= 11 is 0. The topological polar surface area (TPSA) is 46.9 Å². The summed E-state index contributed by atoms with van der Waals surface area (Å²) in [4.78, 5) is 16.8. The number of carbonyl (C=O) groups excluding carboxylic acids is 1. The van der Waals surface area contributed by atoms with Gasteiger partial charge in [-0.3, -0.25) is 4.79 Å². The third-order valence-corrected chi connectivity index (χ3v) is 4.70. The van der Waals surface area contributed by atoms with Crippen LogP contribution in [0.5, 0.6) is 0 Å². The molecule has 0 saturated heterocycles. The number of anilines is 1. The Bertz CT molecular complexity index is 866. The zero-order valence-electron chi connectivity index (χ0n) is 14.1. The molecule has 4 nitrogen and oxygen atoms in total. The van der Waals surface area contributed by atoms with Crippen LogP contribution in [0.2, 0.25) is 0 Å². The quantitative estimate of drug-likeness (QED) is 0.783. The third-order valence-electron chi connectivity index (χ3n) is 4.70. The van der Waals surface area contributed by atoms with E-state index in [1.54, 1.807) is 6.33 Å². The van der Waals surface area contributed by atoms with Crippen molar-refractivity contribution in [2.45, 2.75) is 32.2 Å². The van der Waals surface area contributed by atoms with E-state index in [0.717, 1.165) is 29.8 Å². The fourth-order valence-corrected chi connectivity index (χ4v) is 3.40. The average molecular weight is 331 g/mol. The lowest BCUT2D eigenvalue weighted by Gasteiger charge is -2.14. The molecule has 0 saturated carbocycles. The molecule has 1 amide bonds. The van der Waals surface area contributed by atoms with Crippen molar-refractivity contribution in [1.82, 2.24) is 9.55 Å². The molecule has 1 N–H and O–H groups in total. The molecule has 3 aromatic rings. The maximum atomic E-state index is 12.4. The fraction of sp³-hybridized carbons (Fsp3) is 0.238. The number of hydrogen-bond acceptors (Lipinski definition) is 2. The largest absolute Gasteiger partial charge is 0.325 e. The molecular weight excluding hydrogens is 310 g/mol. The summed E-state index contributed by atoms with van der Waals surface area (Å²) < 4.78 is 1.99. The minimum atomic E-state index is -0.0155. The Morgan fingerprint density at radius 2 is 1.68 bits per heavy atom. The highest BCUT2D eigenvalue weighted by Gasteiger charge is 2.16. The van der Waals surface area contributed by atoms with E-state index in [9.17, 15) is 4.79 Å². The van der Waals surface area contributed by atoms with Crippen LogP contribution < -0.4 is 5.32 Å². The number of benzene rings is 2. The van der Waals surface area contributed by atoms with Crippen molar-refractivity contribution in [3.8, 4) is 11.1 Å². The molecule has 0 spiro atoms. The first-order valence-electron chi connectivity index (χ1n) is 8.78. The van der Waals surface area contributed by atoms with Crippen LogP contribution >= 0.6 is 0 Å². The van der Waals surface area contributed by atoms with E-state index in [1.807, 2.05) is 47.0 Å². The molecule has 126 valence electrons. The van der Waals surface area contributed by atoms with Crippen molar-refractivity contribution >= 4 is 11.6 Å². The number of aryl methyl sites for hydroxylation is 1. The second-order valence-corrected chi connectivity index (χ2v) is 6.46. The van der Waals surface area contributed by atoms with Crippen LogP contribution in [0, 0.1) is 0 Å². The van der Waals surface area contributed by atoms with Gasteiger partial charge in [0.1, 0.15) is 6.54 Å². The summed E-state index contributed by atoms with van der Waals surface area (Å²) in [7, 11) is 0. The molecule has 0 bridgehead atoms. The Morgan fingerprint density at radius 1 is 0.960 bits per heavy atom. The molecular formula is C21H21N3O. The zero-order valence-corrected chi connectivity index (χ0v) is 14.1. The van der Waals surface area contributed by atoms with E-state index >= 15 is 0 Å². The lowest BCUT2D eigenvalue weighted by molar-refractivity contribution is -0.116. The van der Waals surface area contributed by atoms with Crippen molar-refractivity contribution < 1.29 is 4.79 Å². The number of imidazole rings is 1. The van der Waals surface area contributed by atoms with Crippen LogP contribution in [0.25, 0.3) is 11.1 Å². The Balaban J connectivity index is 1.42. The highest BCUT2D eigenvalue weighted by Crippen LogP contribution is 2.22. The van der Waals surface area contributed by atoms with Gasteiger partial charge in [-0.2, -0.15) is 0 Å². The number of rotatable bonds is 4. The van der Waals surface area contributed by atoms with Gasteiger partial charge in [-0.25, -0.2) is 4.98 Å². The molecule has 25 heavy (non-hydrogen) atoms. The van der Waals surface area contributed by atoms with Crippen molar-refractivity contribution in [3.63, 3.8) is 0 Å². The van der Waals surface area contributed by atoms with Crippen LogP contribution in [-0.4, -0.2) is 15.5 Å². The maximum absolute atomic E-state index is 12.4. The number of nitrogens with one attached hydrogen (secondary N) is 1. The highest BCUT2D eigenvalue weighted by molar-refractivity contribution is 5.90. The first-order chi connectivity index (χ1) is 12.3. The highest BCUT2D eigenvalue weighted by atomic mass is 16.1. The van der Waals surface area contributed by atoms with Gasteiger partial charge in [0.2, 0.25) is 5.91 Å². The SMILES string of the molecule is O=C(Cn1cnc2c1CCCC2)Nc1ccc(-c2ccccc2)cc1. The third kappa shape index (κ3) is 3.48. The molecule has 0 aliphatic heterocycles. The lowest BCUT2D eigenvalue weighted by Crippen LogP contribution is -2.20. The Kier molecular flexibility index (Phi) is 4.34. The molecule has 1 aliphatic carbocycles. The van der Waals surface area contributed by atoms with Gasteiger partial charge in [0.05, 0.1) is 12.0 Å². The summed E-state index contributed by atoms with van der Waals surface area (Å²) in [6.07, 6.45) is 6.23. The second kappa shape index (κ2) is 6.93. The van der Waals surface area contributed by atoms with E-state index in [-0.39, 0.29) is 5.91 Å². The normalized spacial score (nSPS) is 13.3. The van der Waals surface area contributed by atoms with Crippen molar-refractivity contribution in [1.29, 1.82) is 0 Å². The Morgan fingerprint density at radius 3 is 2.48 bits per heavy atom. The average Bonchev–Trinajstić information content (AvgIpc) is 3.06. The van der Waals surface area contributed by atoms with Crippen molar-refractivity contribution in [3.05, 3.63) is 72.3 Å². The van der Waals surface area contributed by atoms with Crippen LogP contribution in [-0.2, 0) is 24.2 Å². The van der Waals surface area contributed by atoms with E-state index < -0.39 is 0 Å². The minimum Gasteiger partial charge on any atom is -0.325 e. The monoisotopic (exact) mass is 331 g/mol. The molecule has 1 aliphatic rings. The van der Waals surface area contributed by atoms with Gasteiger partial charge in [0.25, 0.3) is 0 Å². The van der Waals surface area contributed by atoms with E-state index in [2.05, 4.69) is 22.4 Å². The van der Waals surface area contributed by atoms with Gasteiger partial charge in [0.15, 0.2) is 0 Å². The molecule has 1 heterocycles. The van der Waals surface area contributed by atoms with Crippen molar-refractivity contribution in [2.24, 2.45) is 0 Å². The molecule has 0 unspecified atom stereocenters. The Hall–Kier alpha value is -2.88. The minimum absolute atomic E-state index is 0.0155. The van der Waals surface area contributed by atoms with Gasteiger partial charge in [-0.1, -0.05) is 42.5 Å². The first kappa shape index (κ1) is 15.6. The first-order valence-corrected chi connectivity index (χ1v) is 8.78. The summed E-state index contributed by atoms with van der Waals surface area (Å²) in [6.45, 7) is 0.322. The number of amides is 1. The standard InChI is InChI=1S/C21H21N3O/c25-21(14-24-15-22-19-8-4-5-9-20(19)24)23-18-12-10-17(11-13-18)16-6-2-1-3-7-16/h1-3,6-7,10-13,15H,4-5,8-9,14H2,(H,23,25). The zero-order chi connectivity index (χ0) is 17.1. The Labute approximate surface area is 147 Å². The lowest BCUT2D eigenvalue weighted by atomic mass is 10.0. The number of aromatic nitrogens is 2. The maximum Gasteiger partial charge on any atom is 0.244 e. The van der Waals surface area contributed by atoms with Crippen LogP contribution in [0.15, 0.2) is 60.9 Å². The van der Waals surface area contributed by atoms with Gasteiger partial charge >= 0.3 is 0 Å². The summed E-state index contributed by atoms with van der Waals surface area (Å²) in [5, 5.41) is 2.98. The van der Waals surface area contributed by atoms with Gasteiger partial charge in [-0.05, 0) is 48.9 Å². The molecule has 4 heteroatoms. The predicted octanol–water partition coefficient (Wildman–Crippen LogP) is 4.07. The summed E-state index contributed by atoms with van der Waals surface area (Å²) in [5.41, 5.74) is 5.51. The van der Waals surface area contributed by atoms with Gasteiger partial charge < -0.3 is 9.88 Å². The fourth-order valence-electron chi connectivity index (χ4n) is 3.40.